The number of aliphatic hydroxyl groups is 1. The van der Waals surface area contributed by atoms with Crippen molar-refractivity contribution in [2.24, 2.45) is 5.92 Å². The van der Waals surface area contributed by atoms with Gasteiger partial charge in [0.15, 0.2) is 0 Å². The molecule has 1 amide bonds. The lowest BCUT2D eigenvalue weighted by Crippen LogP contribution is -2.52. The monoisotopic (exact) mass is 571 g/mol. The van der Waals surface area contributed by atoms with E-state index in [0.717, 1.165) is 10.8 Å². The van der Waals surface area contributed by atoms with Gasteiger partial charge in [0.1, 0.15) is 23.0 Å². The molecule has 2 N–H and O–H groups in total. The Morgan fingerprint density at radius 2 is 1.49 bits per heavy atom. The molecule has 5 nitrogen and oxygen atoms in total. The number of amides is 1. The number of alkyl halides is 9. The summed E-state index contributed by atoms with van der Waals surface area (Å²) in [5.41, 5.74) is -8.55. The first-order valence-corrected chi connectivity index (χ1v) is 11.9. The van der Waals surface area contributed by atoms with Crippen molar-refractivity contribution in [2.45, 2.75) is 69.3 Å². The van der Waals surface area contributed by atoms with Crippen LogP contribution in [0.3, 0.4) is 0 Å². The van der Waals surface area contributed by atoms with Crippen LogP contribution in [0, 0.1) is 5.92 Å². The van der Waals surface area contributed by atoms with Gasteiger partial charge >= 0.3 is 18.5 Å². The molecule has 1 aliphatic carbocycles. The second-order valence-corrected chi connectivity index (χ2v) is 9.69. The largest absolute Gasteiger partial charge is 0.433 e. The third-order valence-corrected chi connectivity index (χ3v) is 6.82. The first-order valence-electron chi connectivity index (χ1n) is 11.9. The topological polar surface area (TPSA) is 65.5 Å². The molecule has 4 rings (SSSR count). The number of carbonyl (C=O) groups is 1. The smallest absolute Gasteiger partial charge is 0.372 e. The van der Waals surface area contributed by atoms with Gasteiger partial charge in [0.2, 0.25) is 6.41 Å². The van der Waals surface area contributed by atoms with Crippen LogP contribution in [0.1, 0.15) is 61.7 Å². The highest BCUT2D eigenvalue weighted by Gasteiger charge is 2.65. The van der Waals surface area contributed by atoms with Crippen LogP contribution in [-0.4, -0.2) is 35.4 Å². The maximum absolute atomic E-state index is 14.3. The molecule has 216 valence electrons. The summed E-state index contributed by atoms with van der Waals surface area (Å²) in [7, 11) is 0. The lowest BCUT2D eigenvalue weighted by atomic mass is 9.77. The number of hydrogen-bond acceptors (Lipinski definition) is 4. The minimum Gasteiger partial charge on any atom is -0.372 e. The predicted molar refractivity (Wildman–Crippen MR) is 122 cm³/mol. The van der Waals surface area contributed by atoms with Gasteiger partial charge in [0.05, 0.1) is 6.04 Å². The van der Waals surface area contributed by atoms with Crippen molar-refractivity contribution in [3.8, 4) is 0 Å². The molecule has 1 aliphatic heterocycles. The van der Waals surface area contributed by atoms with Gasteiger partial charge in [-0.2, -0.15) is 39.5 Å². The number of rotatable bonds is 5. The number of carbonyl (C=O) groups excluding carboxylic acids is 1. The molecule has 3 atom stereocenters. The van der Waals surface area contributed by atoms with E-state index in [9.17, 15) is 49.4 Å². The lowest BCUT2D eigenvalue weighted by molar-refractivity contribution is -0.211. The van der Waals surface area contributed by atoms with Crippen LogP contribution in [-0.2, 0) is 22.6 Å². The number of nitrogens with one attached hydrogen (secondary N) is 1. The number of nitrogens with zero attached hydrogens (tertiary/aromatic N) is 2. The molecule has 3 unspecified atom stereocenters. The summed E-state index contributed by atoms with van der Waals surface area (Å²) in [5, 5.41) is 13.2. The minimum atomic E-state index is -5.46. The molecule has 1 aromatic heterocycles. The SMILES string of the molecule is CC(NC=O)c1ccc(N2CCC(c3cc(C(F)(F)F)nc(C(F)(F)F)c3)(C(F)(F)F)C2O)cc1.CC1CC1. The van der Waals surface area contributed by atoms with E-state index in [0.29, 0.717) is 12.0 Å². The summed E-state index contributed by atoms with van der Waals surface area (Å²) >= 11 is 0. The first kappa shape index (κ1) is 30.5. The third kappa shape index (κ3) is 6.59. The van der Waals surface area contributed by atoms with Crippen molar-refractivity contribution in [2.75, 3.05) is 11.4 Å². The summed E-state index contributed by atoms with van der Waals surface area (Å²) in [4.78, 5) is 13.9. The van der Waals surface area contributed by atoms with Gasteiger partial charge in [-0.15, -0.1) is 0 Å². The van der Waals surface area contributed by atoms with Crippen LogP contribution in [0.15, 0.2) is 36.4 Å². The van der Waals surface area contributed by atoms with Gasteiger partial charge in [0, 0.05) is 12.2 Å². The maximum Gasteiger partial charge on any atom is 0.433 e. The Morgan fingerprint density at radius 1 is 1.00 bits per heavy atom. The maximum atomic E-state index is 14.3. The molecule has 2 heterocycles. The zero-order valence-electron chi connectivity index (χ0n) is 20.8. The second kappa shape index (κ2) is 10.9. The van der Waals surface area contributed by atoms with Gasteiger partial charge in [-0.1, -0.05) is 31.9 Å². The minimum absolute atomic E-state index is 0.0480. The molecular formula is C25H26F9N3O2. The Kier molecular flexibility index (Phi) is 8.49. The van der Waals surface area contributed by atoms with E-state index in [1.807, 2.05) is 0 Å². The van der Waals surface area contributed by atoms with Crippen molar-refractivity contribution in [3.63, 3.8) is 0 Å². The molecule has 1 saturated heterocycles. The number of benzene rings is 1. The summed E-state index contributed by atoms with van der Waals surface area (Å²) in [6.45, 7) is 3.38. The van der Waals surface area contributed by atoms with Crippen molar-refractivity contribution in [1.29, 1.82) is 0 Å². The summed E-state index contributed by atoms with van der Waals surface area (Å²) in [5.74, 6) is 1.08. The van der Waals surface area contributed by atoms with Crippen LogP contribution in [0.2, 0.25) is 0 Å². The molecule has 2 aliphatic rings. The molecular weight excluding hydrogens is 545 g/mol. The molecule has 0 spiro atoms. The molecule has 2 fully saturated rings. The molecule has 1 aromatic carbocycles. The number of halogens is 9. The fraction of sp³-hybridized carbons (Fsp3) is 0.520. The molecule has 2 aromatic rings. The zero-order chi connectivity index (χ0) is 29.4. The number of anilines is 1. The number of hydrogen-bond donors (Lipinski definition) is 2. The van der Waals surface area contributed by atoms with Crippen LogP contribution in [0.5, 0.6) is 0 Å². The number of aromatic nitrogens is 1. The van der Waals surface area contributed by atoms with Crippen LogP contribution in [0.25, 0.3) is 0 Å². The molecule has 39 heavy (non-hydrogen) atoms. The lowest BCUT2D eigenvalue weighted by Gasteiger charge is -2.37. The summed E-state index contributed by atoms with van der Waals surface area (Å²) in [6.07, 6.45) is -16.5. The summed E-state index contributed by atoms with van der Waals surface area (Å²) in [6, 6.07) is 4.89. The van der Waals surface area contributed by atoms with Gasteiger partial charge in [-0.05, 0) is 54.7 Å². The average Bonchev–Trinajstić information content (AvgIpc) is 3.53. The van der Waals surface area contributed by atoms with Gasteiger partial charge in [-0.25, -0.2) is 4.98 Å². The van der Waals surface area contributed by atoms with E-state index in [-0.39, 0.29) is 17.8 Å². The molecule has 0 radical (unpaired) electrons. The van der Waals surface area contributed by atoms with E-state index in [2.05, 4.69) is 17.2 Å². The van der Waals surface area contributed by atoms with Crippen molar-refractivity contribution >= 4 is 12.1 Å². The van der Waals surface area contributed by atoms with Crippen LogP contribution < -0.4 is 10.2 Å². The van der Waals surface area contributed by atoms with E-state index in [1.165, 1.54) is 37.1 Å². The number of pyridine rings is 1. The zero-order valence-corrected chi connectivity index (χ0v) is 20.8. The van der Waals surface area contributed by atoms with Crippen molar-refractivity contribution < 1.29 is 49.4 Å². The molecule has 0 bridgehead atoms. The summed E-state index contributed by atoms with van der Waals surface area (Å²) < 4.78 is 122. The standard InChI is InChI=1S/C21H18F9N3O2.C4H8/c1-11(31-10-34)12-2-4-14(5-3-12)33-7-6-18(17(33)35,21(28,29)30)13-8-15(19(22,23)24)32-16(9-13)20(25,26)27;1-4-2-3-4/h2-5,8-11,17,35H,6-7H2,1H3,(H,31,34);4H,2-3H2,1H3. The van der Waals surface area contributed by atoms with Crippen molar-refractivity contribution in [1.82, 2.24) is 10.3 Å². The Bertz CT molecular complexity index is 1110. The van der Waals surface area contributed by atoms with Crippen LogP contribution in [0.4, 0.5) is 45.2 Å². The van der Waals surface area contributed by atoms with E-state index in [1.54, 1.807) is 6.92 Å². The normalized spacial score (nSPS) is 22.7. The van der Waals surface area contributed by atoms with E-state index in [4.69, 9.17) is 0 Å². The highest BCUT2D eigenvalue weighted by atomic mass is 19.4. The quantitative estimate of drug-likeness (QED) is 0.324. The van der Waals surface area contributed by atoms with E-state index < -0.39 is 66.1 Å². The van der Waals surface area contributed by atoms with Crippen molar-refractivity contribution in [3.05, 3.63) is 58.9 Å². The Morgan fingerprint density at radius 3 is 1.87 bits per heavy atom. The van der Waals surface area contributed by atoms with Gasteiger partial charge in [0.25, 0.3) is 0 Å². The molecule has 14 heteroatoms. The highest BCUT2D eigenvalue weighted by Crippen LogP contribution is 2.53. The highest BCUT2D eigenvalue weighted by molar-refractivity contribution is 5.54. The van der Waals surface area contributed by atoms with Gasteiger partial charge in [-0.3, -0.25) is 4.79 Å². The Hall–Kier alpha value is -3.03. The fourth-order valence-electron chi connectivity index (χ4n) is 4.23. The fourth-order valence-corrected chi connectivity index (χ4v) is 4.23. The third-order valence-electron chi connectivity index (χ3n) is 6.82. The average molecular weight is 571 g/mol. The van der Waals surface area contributed by atoms with Crippen LogP contribution >= 0.6 is 0 Å². The Labute approximate surface area is 218 Å². The first-order chi connectivity index (χ1) is 17.9. The number of aliphatic hydroxyl groups excluding tert-OH is 1. The molecule has 1 saturated carbocycles. The second-order valence-electron chi connectivity index (χ2n) is 9.69. The predicted octanol–water partition coefficient (Wildman–Crippen LogP) is 6.37. The van der Waals surface area contributed by atoms with Gasteiger partial charge < -0.3 is 15.3 Å². The Balaban J connectivity index is 0.000000960. The van der Waals surface area contributed by atoms with E-state index >= 15 is 0 Å².